The van der Waals surface area contributed by atoms with Gasteiger partial charge in [0.05, 0.1) is 11.1 Å². The lowest BCUT2D eigenvalue weighted by molar-refractivity contribution is -0.137. The van der Waals surface area contributed by atoms with Crippen LogP contribution in [-0.4, -0.2) is 10.8 Å². The van der Waals surface area contributed by atoms with Crippen LogP contribution in [0.5, 0.6) is 0 Å². The van der Waals surface area contributed by atoms with Crippen molar-refractivity contribution in [1.82, 2.24) is 4.98 Å². The molecule has 0 bridgehead atoms. The lowest BCUT2D eigenvalue weighted by Gasteiger charge is -2.08. The minimum Gasteiger partial charge on any atom is -0.367 e. The summed E-state index contributed by atoms with van der Waals surface area (Å²) in [5.74, 6) is -1.85. The summed E-state index contributed by atoms with van der Waals surface area (Å²) in [5, 5.41) is 0. The molecule has 0 radical (unpaired) electrons. The number of hydrogen-bond acceptors (Lipinski definition) is 1. The molecule has 18 heavy (non-hydrogen) atoms. The van der Waals surface area contributed by atoms with Crippen LogP contribution in [0.25, 0.3) is 0 Å². The van der Waals surface area contributed by atoms with Gasteiger partial charge in [-0.2, -0.15) is 13.2 Å². The summed E-state index contributed by atoms with van der Waals surface area (Å²) in [6, 6.07) is 3.26. The standard InChI is InChI=1S/C12H7F4NO/c13-10-5-8(12(14,15)16)1-2-9(10)11(18)7-3-4-17-6-7/h1-6,17H. The molecular weight excluding hydrogens is 250 g/mol. The first kappa shape index (κ1) is 12.3. The van der Waals surface area contributed by atoms with Gasteiger partial charge in [0.15, 0.2) is 5.78 Å². The number of nitrogens with one attached hydrogen (secondary N) is 1. The Kier molecular flexibility index (Phi) is 2.94. The number of H-pyrrole nitrogens is 1. The molecule has 2 aromatic rings. The Morgan fingerprint density at radius 3 is 2.39 bits per heavy atom. The smallest absolute Gasteiger partial charge is 0.367 e. The quantitative estimate of drug-likeness (QED) is 0.649. The van der Waals surface area contributed by atoms with E-state index in [1.165, 1.54) is 18.5 Å². The van der Waals surface area contributed by atoms with Crippen LogP contribution in [0.4, 0.5) is 17.6 Å². The zero-order valence-corrected chi connectivity index (χ0v) is 8.88. The minimum atomic E-state index is -4.63. The SMILES string of the molecule is O=C(c1cc[nH]c1)c1ccc(C(F)(F)F)cc1F. The summed E-state index contributed by atoms with van der Waals surface area (Å²) < 4.78 is 50.4. The van der Waals surface area contributed by atoms with E-state index in [2.05, 4.69) is 4.98 Å². The maximum Gasteiger partial charge on any atom is 0.416 e. The van der Waals surface area contributed by atoms with Crippen LogP contribution >= 0.6 is 0 Å². The van der Waals surface area contributed by atoms with Crippen molar-refractivity contribution in [1.29, 1.82) is 0 Å². The average molecular weight is 257 g/mol. The molecule has 0 amide bonds. The Bertz CT molecular complexity index is 572. The fourth-order valence-corrected chi connectivity index (χ4v) is 1.50. The van der Waals surface area contributed by atoms with Gasteiger partial charge in [-0.25, -0.2) is 4.39 Å². The molecule has 1 aromatic carbocycles. The fourth-order valence-electron chi connectivity index (χ4n) is 1.50. The van der Waals surface area contributed by atoms with Crippen LogP contribution in [0, 0.1) is 5.82 Å². The molecule has 94 valence electrons. The van der Waals surface area contributed by atoms with E-state index in [0.29, 0.717) is 12.1 Å². The summed E-state index contributed by atoms with van der Waals surface area (Å²) in [5.41, 5.74) is -1.32. The number of hydrogen-bond donors (Lipinski definition) is 1. The Morgan fingerprint density at radius 1 is 1.17 bits per heavy atom. The van der Waals surface area contributed by atoms with Crippen molar-refractivity contribution in [3.8, 4) is 0 Å². The second-order valence-corrected chi connectivity index (χ2v) is 3.62. The van der Waals surface area contributed by atoms with E-state index in [1.807, 2.05) is 0 Å². The highest BCUT2D eigenvalue weighted by molar-refractivity contribution is 6.09. The van der Waals surface area contributed by atoms with Gasteiger partial charge in [0.2, 0.25) is 0 Å². The van der Waals surface area contributed by atoms with Crippen LogP contribution < -0.4 is 0 Å². The highest BCUT2D eigenvalue weighted by Crippen LogP contribution is 2.30. The lowest BCUT2D eigenvalue weighted by Crippen LogP contribution is -2.09. The zero-order chi connectivity index (χ0) is 13.3. The number of alkyl halides is 3. The third-order valence-electron chi connectivity index (χ3n) is 2.40. The first-order valence-corrected chi connectivity index (χ1v) is 4.94. The van der Waals surface area contributed by atoms with E-state index in [4.69, 9.17) is 0 Å². The van der Waals surface area contributed by atoms with Crippen molar-refractivity contribution in [2.75, 3.05) is 0 Å². The van der Waals surface area contributed by atoms with Crippen LogP contribution in [-0.2, 0) is 6.18 Å². The van der Waals surface area contributed by atoms with Gasteiger partial charge in [-0.3, -0.25) is 4.79 Å². The van der Waals surface area contributed by atoms with Gasteiger partial charge < -0.3 is 4.98 Å². The third-order valence-corrected chi connectivity index (χ3v) is 2.40. The molecule has 0 fully saturated rings. The van der Waals surface area contributed by atoms with Crippen molar-refractivity contribution in [3.63, 3.8) is 0 Å². The van der Waals surface area contributed by atoms with Crippen molar-refractivity contribution in [2.24, 2.45) is 0 Å². The second-order valence-electron chi connectivity index (χ2n) is 3.62. The molecule has 0 aliphatic heterocycles. The number of ketones is 1. The van der Waals surface area contributed by atoms with E-state index in [-0.39, 0.29) is 11.1 Å². The predicted molar refractivity (Wildman–Crippen MR) is 55.6 cm³/mol. The summed E-state index contributed by atoms with van der Waals surface area (Å²) in [7, 11) is 0. The first-order chi connectivity index (χ1) is 8.39. The molecule has 2 rings (SSSR count). The maximum absolute atomic E-state index is 13.5. The Balaban J connectivity index is 2.40. The molecule has 0 aliphatic rings. The second kappa shape index (κ2) is 4.29. The highest BCUT2D eigenvalue weighted by Gasteiger charge is 2.31. The molecule has 0 unspecified atom stereocenters. The monoisotopic (exact) mass is 257 g/mol. The van der Waals surface area contributed by atoms with E-state index >= 15 is 0 Å². The third kappa shape index (κ3) is 2.27. The molecule has 0 saturated heterocycles. The molecule has 1 aromatic heterocycles. The molecule has 0 atom stereocenters. The lowest BCUT2D eigenvalue weighted by atomic mass is 10.0. The molecule has 2 nitrogen and oxygen atoms in total. The largest absolute Gasteiger partial charge is 0.416 e. The normalized spacial score (nSPS) is 11.6. The molecule has 1 heterocycles. The minimum absolute atomic E-state index is 0.189. The number of aromatic amines is 1. The van der Waals surface area contributed by atoms with Crippen LogP contribution in [0.3, 0.4) is 0 Å². The molecule has 6 heteroatoms. The number of carbonyl (C=O) groups is 1. The van der Waals surface area contributed by atoms with E-state index < -0.39 is 23.3 Å². The van der Waals surface area contributed by atoms with Gasteiger partial charge in [-0.15, -0.1) is 0 Å². The van der Waals surface area contributed by atoms with Crippen molar-refractivity contribution < 1.29 is 22.4 Å². The predicted octanol–water partition coefficient (Wildman–Crippen LogP) is 3.40. The van der Waals surface area contributed by atoms with Gasteiger partial charge >= 0.3 is 6.18 Å². The maximum atomic E-state index is 13.5. The summed E-state index contributed by atoms with van der Waals surface area (Å²) in [6.07, 6.45) is -1.81. The Hall–Kier alpha value is -2.11. The molecule has 0 spiro atoms. The highest BCUT2D eigenvalue weighted by atomic mass is 19.4. The summed E-state index contributed by atoms with van der Waals surface area (Å²) in [6.45, 7) is 0. The van der Waals surface area contributed by atoms with E-state index in [9.17, 15) is 22.4 Å². The fraction of sp³-hybridized carbons (Fsp3) is 0.0833. The number of halogens is 4. The van der Waals surface area contributed by atoms with E-state index in [0.717, 1.165) is 6.07 Å². The van der Waals surface area contributed by atoms with Gasteiger partial charge in [0.1, 0.15) is 5.82 Å². The average Bonchev–Trinajstić information content (AvgIpc) is 2.80. The molecular formula is C12H7F4NO. The molecule has 0 aliphatic carbocycles. The van der Waals surface area contributed by atoms with Gasteiger partial charge in [0, 0.05) is 18.0 Å². The van der Waals surface area contributed by atoms with Gasteiger partial charge in [-0.05, 0) is 24.3 Å². The summed E-state index contributed by atoms with van der Waals surface area (Å²) in [4.78, 5) is 14.4. The zero-order valence-electron chi connectivity index (χ0n) is 8.88. The first-order valence-electron chi connectivity index (χ1n) is 4.94. The number of rotatable bonds is 2. The van der Waals surface area contributed by atoms with Crippen molar-refractivity contribution in [2.45, 2.75) is 6.18 Å². The van der Waals surface area contributed by atoms with Crippen molar-refractivity contribution in [3.05, 3.63) is 59.2 Å². The van der Waals surface area contributed by atoms with Gasteiger partial charge in [-0.1, -0.05) is 0 Å². The Morgan fingerprint density at radius 2 is 1.89 bits per heavy atom. The number of aromatic nitrogens is 1. The topological polar surface area (TPSA) is 32.9 Å². The van der Waals surface area contributed by atoms with Gasteiger partial charge in [0.25, 0.3) is 0 Å². The van der Waals surface area contributed by atoms with E-state index in [1.54, 1.807) is 0 Å². The van der Waals surface area contributed by atoms with Crippen molar-refractivity contribution >= 4 is 5.78 Å². The number of carbonyl (C=O) groups excluding carboxylic acids is 1. The Labute approximate surface area is 99.3 Å². The van der Waals surface area contributed by atoms with Crippen LogP contribution in [0.15, 0.2) is 36.7 Å². The molecule has 0 saturated carbocycles. The van der Waals surface area contributed by atoms with Crippen LogP contribution in [0.2, 0.25) is 0 Å². The number of benzene rings is 1. The summed E-state index contributed by atoms with van der Waals surface area (Å²) >= 11 is 0. The van der Waals surface area contributed by atoms with Crippen LogP contribution in [0.1, 0.15) is 21.5 Å². The molecule has 1 N–H and O–H groups in total.